The van der Waals surface area contributed by atoms with Crippen LogP contribution >= 0.6 is 0 Å². The molecule has 5 fully saturated rings. The molecule has 4 aliphatic carbocycles. The van der Waals surface area contributed by atoms with E-state index in [-0.39, 0.29) is 33.6 Å². The standard InChI is InChI=1S/C29H45NO3/c1-17(2)18-10-13-29(24(32)33)15-14-27(6)19(23(18)29)8-9-21-26(5)16-22(31)30-25(3,4)20(26)11-12-28(21,27)7/h18-21,23H,1,8-16H2,2-7H3,(H,30,31)(H,32,33)/t18-,19+,20-,21+,23+,26-,27+,28+,29-/m0/s1. The number of carbonyl (C=O) groups excluding carboxylic acids is 1. The molecule has 1 amide bonds. The molecule has 0 radical (unpaired) electrons. The highest BCUT2D eigenvalue weighted by atomic mass is 16.4. The molecule has 5 rings (SSSR count). The minimum atomic E-state index is -0.565. The molecule has 0 unspecified atom stereocenters. The molecule has 0 aromatic rings. The highest BCUT2D eigenvalue weighted by Gasteiger charge is 2.72. The van der Waals surface area contributed by atoms with Crippen LogP contribution in [0.25, 0.3) is 0 Å². The number of aliphatic carboxylic acids is 1. The third kappa shape index (κ3) is 2.76. The van der Waals surface area contributed by atoms with Crippen LogP contribution in [0.1, 0.15) is 99.3 Å². The number of fused-ring (bicyclic) bond motifs is 7. The van der Waals surface area contributed by atoms with Gasteiger partial charge in [0.1, 0.15) is 0 Å². The fraction of sp³-hybridized carbons (Fsp3) is 0.862. The zero-order chi connectivity index (χ0) is 24.2. The highest BCUT2D eigenvalue weighted by Crippen LogP contribution is 2.76. The fourth-order valence-electron chi connectivity index (χ4n) is 11.1. The molecule has 0 aromatic heterocycles. The molecule has 1 saturated heterocycles. The van der Waals surface area contributed by atoms with Crippen LogP contribution in [-0.2, 0) is 9.59 Å². The largest absolute Gasteiger partial charge is 0.481 e. The number of nitrogens with one attached hydrogen (secondary N) is 1. The number of carboxylic acid groups (broad SMARTS) is 1. The van der Waals surface area contributed by atoms with Crippen LogP contribution in [0.3, 0.4) is 0 Å². The van der Waals surface area contributed by atoms with E-state index in [1.807, 2.05) is 0 Å². The third-order valence-electron chi connectivity index (χ3n) is 12.6. The maximum absolute atomic E-state index is 12.9. The number of hydrogen-bond acceptors (Lipinski definition) is 2. The molecule has 33 heavy (non-hydrogen) atoms. The number of piperidine rings is 1. The summed E-state index contributed by atoms with van der Waals surface area (Å²) >= 11 is 0. The molecular weight excluding hydrogens is 410 g/mol. The Labute approximate surface area is 200 Å². The van der Waals surface area contributed by atoms with E-state index in [9.17, 15) is 14.7 Å². The molecule has 9 atom stereocenters. The topological polar surface area (TPSA) is 66.4 Å². The smallest absolute Gasteiger partial charge is 0.309 e. The van der Waals surface area contributed by atoms with Crippen LogP contribution in [0.4, 0.5) is 0 Å². The van der Waals surface area contributed by atoms with Gasteiger partial charge in [-0.25, -0.2) is 0 Å². The SMILES string of the molecule is C=C(C)[C@@H]1CC[C@]2(C(=O)O)CC[C@]3(C)[C@H](CC[C@@H]4[C@@]5(C)CC(=O)NC(C)(C)[C@@H]5CC[C@]43C)[C@@H]12. The summed E-state index contributed by atoms with van der Waals surface area (Å²) in [4.78, 5) is 25.6. The first-order valence-electron chi connectivity index (χ1n) is 13.4. The summed E-state index contributed by atoms with van der Waals surface area (Å²) in [7, 11) is 0. The number of rotatable bonds is 2. The maximum Gasteiger partial charge on any atom is 0.309 e. The van der Waals surface area contributed by atoms with Crippen molar-refractivity contribution in [2.75, 3.05) is 0 Å². The summed E-state index contributed by atoms with van der Waals surface area (Å²) in [6, 6.07) is 0. The minimum absolute atomic E-state index is 0.0115. The van der Waals surface area contributed by atoms with Gasteiger partial charge in [0.2, 0.25) is 5.91 Å². The number of amides is 1. The van der Waals surface area contributed by atoms with Gasteiger partial charge in [-0.05, 0) is 118 Å². The number of hydrogen-bond donors (Lipinski definition) is 2. The number of allylic oxidation sites excluding steroid dienone is 1. The normalized spacial score (nSPS) is 52.5. The van der Waals surface area contributed by atoms with Crippen molar-refractivity contribution in [2.24, 2.45) is 51.2 Å². The van der Waals surface area contributed by atoms with Gasteiger partial charge in [0.15, 0.2) is 0 Å². The average Bonchev–Trinajstić information content (AvgIpc) is 3.08. The van der Waals surface area contributed by atoms with Crippen molar-refractivity contribution in [2.45, 2.75) is 105 Å². The van der Waals surface area contributed by atoms with Crippen LogP contribution in [0.15, 0.2) is 12.2 Å². The monoisotopic (exact) mass is 455 g/mol. The summed E-state index contributed by atoms with van der Waals surface area (Å²) in [5, 5.41) is 13.8. The lowest BCUT2D eigenvalue weighted by molar-refractivity contribution is -0.231. The molecule has 1 heterocycles. The Balaban J connectivity index is 1.58. The first kappa shape index (κ1) is 23.4. The van der Waals surface area contributed by atoms with Gasteiger partial charge in [0.25, 0.3) is 0 Å². The predicted molar refractivity (Wildman–Crippen MR) is 130 cm³/mol. The Bertz CT molecular complexity index is 909. The zero-order valence-electron chi connectivity index (χ0n) is 21.7. The van der Waals surface area contributed by atoms with E-state index >= 15 is 0 Å². The molecule has 0 bridgehead atoms. The zero-order valence-corrected chi connectivity index (χ0v) is 21.7. The van der Waals surface area contributed by atoms with Gasteiger partial charge in [-0.3, -0.25) is 9.59 Å². The van der Waals surface area contributed by atoms with E-state index in [0.29, 0.717) is 30.1 Å². The molecule has 1 aliphatic heterocycles. The molecule has 2 N–H and O–H groups in total. The van der Waals surface area contributed by atoms with Gasteiger partial charge in [-0.15, -0.1) is 0 Å². The quantitative estimate of drug-likeness (QED) is 0.487. The van der Waals surface area contributed by atoms with Gasteiger partial charge >= 0.3 is 5.97 Å². The molecule has 0 spiro atoms. The third-order valence-corrected chi connectivity index (χ3v) is 12.6. The van der Waals surface area contributed by atoms with Crippen molar-refractivity contribution < 1.29 is 14.7 Å². The Hall–Kier alpha value is -1.32. The van der Waals surface area contributed by atoms with E-state index in [4.69, 9.17) is 0 Å². The van der Waals surface area contributed by atoms with Crippen LogP contribution < -0.4 is 5.32 Å². The maximum atomic E-state index is 12.9. The second kappa shape index (κ2) is 6.88. The van der Waals surface area contributed by atoms with Gasteiger partial charge in [-0.2, -0.15) is 0 Å². The summed E-state index contributed by atoms with van der Waals surface area (Å²) < 4.78 is 0. The predicted octanol–water partition coefficient (Wildman–Crippen LogP) is 6.21. The Morgan fingerprint density at radius 2 is 1.64 bits per heavy atom. The van der Waals surface area contributed by atoms with Gasteiger partial charge < -0.3 is 10.4 Å². The lowest BCUT2D eigenvalue weighted by Gasteiger charge is -2.72. The van der Waals surface area contributed by atoms with E-state index in [0.717, 1.165) is 44.9 Å². The first-order valence-corrected chi connectivity index (χ1v) is 13.4. The summed E-state index contributed by atoms with van der Waals surface area (Å²) in [5.41, 5.74) is 0.722. The summed E-state index contributed by atoms with van der Waals surface area (Å²) in [6.45, 7) is 18.4. The second-order valence-corrected chi connectivity index (χ2v) is 14.1. The van der Waals surface area contributed by atoms with Crippen molar-refractivity contribution >= 4 is 11.9 Å². The molecule has 4 heteroatoms. The van der Waals surface area contributed by atoms with Crippen molar-refractivity contribution in [3.05, 3.63) is 12.2 Å². The van der Waals surface area contributed by atoms with Crippen molar-refractivity contribution in [1.29, 1.82) is 0 Å². The lowest BCUT2D eigenvalue weighted by atomic mass is 9.33. The van der Waals surface area contributed by atoms with E-state index in [2.05, 4.69) is 53.4 Å². The van der Waals surface area contributed by atoms with E-state index in [1.54, 1.807) is 0 Å². The molecule has 5 aliphatic rings. The first-order chi connectivity index (χ1) is 15.2. The van der Waals surface area contributed by atoms with Crippen molar-refractivity contribution in [1.82, 2.24) is 5.32 Å². The number of carboxylic acids is 1. The highest BCUT2D eigenvalue weighted by molar-refractivity contribution is 5.79. The second-order valence-electron chi connectivity index (χ2n) is 14.1. The average molecular weight is 456 g/mol. The van der Waals surface area contributed by atoms with Gasteiger partial charge in [-0.1, -0.05) is 32.9 Å². The van der Waals surface area contributed by atoms with Crippen LogP contribution in [0, 0.1) is 51.2 Å². The molecule has 4 nitrogen and oxygen atoms in total. The summed E-state index contributed by atoms with van der Waals surface area (Å²) in [6.07, 6.45) is 8.81. The Morgan fingerprint density at radius 3 is 2.27 bits per heavy atom. The van der Waals surface area contributed by atoms with Crippen LogP contribution in [0.2, 0.25) is 0 Å². The van der Waals surface area contributed by atoms with Crippen molar-refractivity contribution in [3.8, 4) is 0 Å². The lowest BCUT2D eigenvalue weighted by Crippen LogP contribution is -2.70. The van der Waals surface area contributed by atoms with E-state index < -0.39 is 11.4 Å². The molecular formula is C29H45NO3. The fourth-order valence-corrected chi connectivity index (χ4v) is 11.1. The molecule has 184 valence electrons. The Kier molecular flexibility index (Phi) is 4.88. The Morgan fingerprint density at radius 1 is 0.939 bits per heavy atom. The van der Waals surface area contributed by atoms with Gasteiger partial charge in [0.05, 0.1) is 5.41 Å². The van der Waals surface area contributed by atoms with Gasteiger partial charge in [0, 0.05) is 12.0 Å². The van der Waals surface area contributed by atoms with E-state index in [1.165, 1.54) is 12.0 Å². The van der Waals surface area contributed by atoms with Crippen molar-refractivity contribution in [3.63, 3.8) is 0 Å². The van der Waals surface area contributed by atoms with Crippen LogP contribution in [0.5, 0.6) is 0 Å². The molecule has 0 aromatic carbocycles. The number of carbonyl (C=O) groups is 2. The molecule has 4 saturated carbocycles. The van der Waals surface area contributed by atoms with Crippen LogP contribution in [-0.4, -0.2) is 22.5 Å². The summed E-state index contributed by atoms with van der Waals surface area (Å²) in [5.74, 6) is 1.62. The minimum Gasteiger partial charge on any atom is -0.481 e.